The summed E-state index contributed by atoms with van der Waals surface area (Å²) >= 11 is 0. The van der Waals surface area contributed by atoms with Gasteiger partial charge in [-0.05, 0) is 52.0 Å². The number of hydrogen-bond acceptors (Lipinski definition) is 5. The number of amides is 1. The van der Waals surface area contributed by atoms with Crippen LogP contribution in [-0.2, 0) is 9.53 Å². The number of carbonyl (C=O) groups is 2. The number of nitrogens with zero attached hydrogens (tertiary/aromatic N) is 4. The lowest BCUT2D eigenvalue weighted by molar-refractivity contribution is -0.147. The molecule has 1 aliphatic heterocycles. The number of methoxy groups -OCH3 is 1. The summed E-state index contributed by atoms with van der Waals surface area (Å²) < 4.78 is 6.81. The molecule has 1 unspecified atom stereocenters. The molecular weight excluding hydrogens is 344 g/mol. The van der Waals surface area contributed by atoms with Gasteiger partial charge in [0.05, 0.1) is 24.3 Å². The zero-order valence-electron chi connectivity index (χ0n) is 16.1. The number of carbonyl (C=O) groups excluding carboxylic acids is 2. The topological polar surface area (TPSA) is 77.3 Å². The third-order valence-electron chi connectivity index (χ3n) is 5.54. The predicted octanol–water partition coefficient (Wildman–Crippen LogP) is 3.06. The third-order valence-corrected chi connectivity index (χ3v) is 5.54. The smallest absolute Gasteiger partial charge is 0.328 e. The van der Waals surface area contributed by atoms with E-state index in [0.29, 0.717) is 24.4 Å². The van der Waals surface area contributed by atoms with Gasteiger partial charge >= 0.3 is 5.97 Å². The molecule has 4 rings (SSSR count). The van der Waals surface area contributed by atoms with Gasteiger partial charge in [0.1, 0.15) is 6.04 Å². The van der Waals surface area contributed by atoms with Gasteiger partial charge in [0.15, 0.2) is 5.65 Å². The molecule has 1 amide bonds. The van der Waals surface area contributed by atoms with Crippen molar-refractivity contribution in [1.29, 1.82) is 0 Å². The molecule has 7 nitrogen and oxygen atoms in total. The Morgan fingerprint density at radius 1 is 1.22 bits per heavy atom. The summed E-state index contributed by atoms with van der Waals surface area (Å²) in [6.45, 7) is 4.67. The maximum absolute atomic E-state index is 13.5. The molecule has 0 aromatic carbocycles. The predicted molar refractivity (Wildman–Crippen MR) is 101 cm³/mol. The van der Waals surface area contributed by atoms with Crippen molar-refractivity contribution in [3.63, 3.8) is 0 Å². The van der Waals surface area contributed by atoms with Gasteiger partial charge in [-0.2, -0.15) is 5.10 Å². The van der Waals surface area contributed by atoms with E-state index in [0.717, 1.165) is 42.4 Å². The number of esters is 1. The van der Waals surface area contributed by atoms with Gasteiger partial charge in [0.25, 0.3) is 5.91 Å². The fourth-order valence-electron chi connectivity index (χ4n) is 3.89. The minimum Gasteiger partial charge on any atom is -0.467 e. The first-order valence-electron chi connectivity index (χ1n) is 9.78. The van der Waals surface area contributed by atoms with E-state index in [4.69, 9.17) is 9.72 Å². The zero-order chi connectivity index (χ0) is 19.1. The lowest BCUT2D eigenvalue weighted by Crippen LogP contribution is -2.48. The van der Waals surface area contributed by atoms with Crippen LogP contribution in [0.2, 0.25) is 0 Å². The van der Waals surface area contributed by atoms with E-state index in [-0.39, 0.29) is 17.9 Å². The standard InChI is InChI=1S/C20H26N4O3/c1-12(2)24-18-15(11-21-24)14(10-16(22-18)13-7-8-13)19(25)23-9-5-4-6-17(23)20(26)27-3/h10-13,17H,4-9H2,1-3H3. The molecule has 0 radical (unpaired) electrons. The Hall–Kier alpha value is -2.44. The minimum absolute atomic E-state index is 0.122. The number of ether oxygens (including phenoxy) is 1. The molecule has 2 aromatic heterocycles. The van der Waals surface area contributed by atoms with Gasteiger partial charge < -0.3 is 9.64 Å². The molecule has 2 aromatic rings. The van der Waals surface area contributed by atoms with Crippen molar-refractivity contribution in [3.05, 3.63) is 23.5 Å². The molecule has 144 valence electrons. The average Bonchev–Trinajstić information content (AvgIpc) is 3.44. The van der Waals surface area contributed by atoms with Crippen LogP contribution in [0, 0.1) is 0 Å². The molecule has 0 N–H and O–H groups in total. The molecule has 1 saturated heterocycles. The number of pyridine rings is 1. The van der Waals surface area contributed by atoms with Crippen LogP contribution in [0.4, 0.5) is 0 Å². The van der Waals surface area contributed by atoms with E-state index in [1.165, 1.54) is 7.11 Å². The fraction of sp³-hybridized carbons (Fsp3) is 0.600. The summed E-state index contributed by atoms with van der Waals surface area (Å²) in [6.07, 6.45) is 6.41. The highest BCUT2D eigenvalue weighted by Crippen LogP contribution is 2.40. The first-order chi connectivity index (χ1) is 13.0. The molecule has 7 heteroatoms. The maximum Gasteiger partial charge on any atom is 0.328 e. The molecule has 1 atom stereocenters. The second-order valence-corrected chi connectivity index (χ2v) is 7.82. The number of rotatable bonds is 4. The van der Waals surface area contributed by atoms with Gasteiger partial charge in [-0.15, -0.1) is 0 Å². The molecule has 3 heterocycles. The van der Waals surface area contributed by atoms with Gasteiger partial charge in [-0.1, -0.05) is 0 Å². The van der Waals surface area contributed by atoms with E-state index in [2.05, 4.69) is 18.9 Å². The Bertz CT molecular complexity index is 885. The van der Waals surface area contributed by atoms with Crippen LogP contribution >= 0.6 is 0 Å². The number of fused-ring (bicyclic) bond motifs is 1. The van der Waals surface area contributed by atoms with Gasteiger partial charge in [0, 0.05) is 24.2 Å². The SMILES string of the molecule is COC(=O)C1CCCCN1C(=O)c1cc(C2CC2)nc2c1cnn2C(C)C. The Labute approximate surface area is 158 Å². The lowest BCUT2D eigenvalue weighted by atomic mass is 10.00. The highest BCUT2D eigenvalue weighted by Gasteiger charge is 2.35. The molecule has 27 heavy (non-hydrogen) atoms. The number of aromatic nitrogens is 3. The normalized spacial score (nSPS) is 20.3. The summed E-state index contributed by atoms with van der Waals surface area (Å²) in [7, 11) is 1.38. The highest BCUT2D eigenvalue weighted by molar-refractivity contribution is 6.06. The minimum atomic E-state index is -0.510. The molecular formula is C20H26N4O3. The van der Waals surface area contributed by atoms with Crippen molar-refractivity contribution in [2.75, 3.05) is 13.7 Å². The van der Waals surface area contributed by atoms with Crippen LogP contribution < -0.4 is 0 Å². The Kier molecular flexibility index (Phi) is 4.61. The average molecular weight is 370 g/mol. The Morgan fingerprint density at radius 3 is 2.67 bits per heavy atom. The van der Waals surface area contributed by atoms with Crippen LogP contribution in [0.1, 0.15) is 74.0 Å². The molecule has 2 fully saturated rings. The first kappa shape index (κ1) is 17.9. The second-order valence-electron chi connectivity index (χ2n) is 7.82. The largest absolute Gasteiger partial charge is 0.467 e. The van der Waals surface area contributed by atoms with Gasteiger partial charge in [0.2, 0.25) is 0 Å². The van der Waals surface area contributed by atoms with Gasteiger partial charge in [-0.3, -0.25) is 4.79 Å². The summed E-state index contributed by atoms with van der Waals surface area (Å²) in [5, 5.41) is 5.22. The fourth-order valence-corrected chi connectivity index (χ4v) is 3.89. The first-order valence-corrected chi connectivity index (χ1v) is 9.78. The molecule has 2 aliphatic rings. The van der Waals surface area contributed by atoms with Crippen LogP contribution in [-0.4, -0.2) is 51.2 Å². The molecule has 1 aliphatic carbocycles. The number of piperidine rings is 1. The Morgan fingerprint density at radius 2 is 2.00 bits per heavy atom. The van der Waals surface area contributed by atoms with E-state index in [1.807, 2.05) is 10.7 Å². The number of likely N-dealkylation sites (tertiary alicyclic amines) is 1. The van der Waals surface area contributed by atoms with Crippen molar-refractivity contribution in [3.8, 4) is 0 Å². The maximum atomic E-state index is 13.5. The quantitative estimate of drug-likeness (QED) is 0.773. The Balaban J connectivity index is 1.79. The third kappa shape index (κ3) is 3.19. The summed E-state index contributed by atoms with van der Waals surface area (Å²) in [6, 6.07) is 1.56. The van der Waals surface area contributed by atoms with E-state index in [9.17, 15) is 9.59 Å². The van der Waals surface area contributed by atoms with Gasteiger partial charge in [-0.25, -0.2) is 14.5 Å². The van der Waals surface area contributed by atoms with Crippen LogP contribution in [0.15, 0.2) is 12.3 Å². The van der Waals surface area contributed by atoms with Crippen molar-refractivity contribution >= 4 is 22.9 Å². The zero-order valence-corrected chi connectivity index (χ0v) is 16.1. The van der Waals surface area contributed by atoms with E-state index < -0.39 is 6.04 Å². The van der Waals surface area contributed by atoms with Crippen LogP contribution in [0.3, 0.4) is 0 Å². The number of hydrogen-bond donors (Lipinski definition) is 0. The molecule has 0 bridgehead atoms. The van der Waals surface area contributed by atoms with Crippen molar-refractivity contribution in [2.45, 2.75) is 64.0 Å². The lowest BCUT2D eigenvalue weighted by Gasteiger charge is -2.34. The monoisotopic (exact) mass is 370 g/mol. The van der Waals surface area contributed by atoms with Crippen LogP contribution in [0.5, 0.6) is 0 Å². The second kappa shape index (κ2) is 6.94. The van der Waals surface area contributed by atoms with Crippen molar-refractivity contribution < 1.29 is 14.3 Å². The van der Waals surface area contributed by atoms with E-state index >= 15 is 0 Å². The summed E-state index contributed by atoms with van der Waals surface area (Å²) in [5.74, 6) is -0.0365. The highest BCUT2D eigenvalue weighted by atomic mass is 16.5. The van der Waals surface area contributed by atoms with Crippen LogP contribution in [0.25, 0.3) is 11.0 Å². The summed E-state index contributed by atoms with van der Waals surface area (Å²) in [5.41, 5.74) is 2.31. The molecule has 0 spiro atoms. The molecule has 1 saturated carbocycles. The summed E-state index contributed by atoms with van der Waals surface area (Å²) in [4.78, 5) is 32.2. The van der Waals surface area contributed by atoms with E-state index in [1.54, 1.807) is 11.1 Å². The van der Waals surface area contributed by atoms with Crippen molar-refractivity contribution in [2.24, 2.45) is 0 Å². The van der Waals surface area contributed by atoms with Crippen molar-refractivity contribution in [1.82, 2.24) is 19.7 Å².